The van der Waals surface area contributed by atoms with Crippen LogP contribution in [0.15, 0.2) is 23.8 Å². The smallest absolute Gasteiger partial charge is 0.177 e. The molecule has 2 spiro atoms. The molecule has 29 heavy (non-hydrogen) atoms. The molecule has 3 heteroatoms. The van der Waals surface area contributed by atoms with Crippen molar-refractivity contribution in [2.75, 3.05) is 7.11 Å². The van der Waals surface area contributed by atoms with E-state index >= 15 is 0 Å². The van der Waals surface area contributed by atoms with Crippen molar-refractivity contribution in [2.45, 2.75) is 76.6 Å². The molecule has 3 nitrogen and oxygen atoms in total. The van der Waals surface area contributed by atoms with Crippen LogP contribution in [0, 0.1) is 46.3 Å². The molecule has 0 bridgehead atoms. The van der Waals surface area contributed by atoms with Gasteiger partial charge in [0.25, 0.3) is 0 Å². The van der Waals surface area contributed by atoms with Gasteiger partial charge in [-0.1, -0.05) is 18.6 Å². The molecule has 5 fully saturated rings. The minimum absolute atomic E-state index is 0.0713. The molecular formula is C26H34O3. The molecule has 1 heterocycles. The molecule has 4 unspecified atom stereocenters. The molecule has 0 saturated heterocycles. The van der Waals surface area contributed by atoms with Crippen molar-refractivity contribution >= 4 is 5.78 Å². The predicted molar refractivity (Wildman–Crippen MR) is 110 cm³/mol. The molecule has 0 aromatic carbocycles. The number of fused-ring (bicyclic) bond motifs is 10. The van der Waals surface area contributed by atoms with Crippen molar-refractivity contribution in [3.63, 3.8) is 0 Å². The van der Waals surface area contributed by atoms with Gasteiger partial charge in [-0.2, -0.15) is 0 Å². The number of ether oxygens (including phenoxy) is 2. The summed E-state index contributed by atoms with van der Waals surface area (Å²) in [5.41, 5.74) is 2.22. The Labute approximate surface area is 174 Å². The van der Waals surface area contributed by atoms with E-state index in [4.69, 9.17) is 9.47 Å². The quantitative estimate of drug-likeness (QED) is 0.614. The monoisotopic (exact) mass is 394 g/mol. The minimum atomic E-state index is -0.156. The fraction of sp³-hybridized carbons (Fsp3) is 0.808. The summed E-state index contributed by atoms with van der Waals surface area (Å²) in [6.45, 7) is 2.43. The van der Waals surface area contributed by atoms with E-state index in [1.165, 1.54) is 44.9 Å². The van der Waals surface area contributed by atoms with Gasteiger partial charge in [-0.15, -0.1) is 0 Å². The largest absolute Gasteiger partial charge is 0.352 e. The fourth-order valence-electron chi connectivity index (χ4n) is 9.73. The van der Waals surface area contributed by atoms with E-state index in [2.05, 4.69) is 25.2 Å². The summed E-state index contributed by atoms with van der Waals surface area (Å²) < 4.78 is 12.4. The Morgan fingerprint density at radius 1 is 1.17 bits per heavy atom. The van der Waals surface area contributed by atoms with E-state index in [9.17, 15) is 4.79 Å². The van der Waals surface area contributed by atoms with Gasteiger partial charge in [0.2, 0.25) is 0 Å². The molecule has 0 N–H and O–H groups in total. The van der Waals surface area contributed by atoms with Crippen LogP contribution in [0.25, 0.3) is 0 Å². The van der Waals surface area contributed by atoms with E-state index in [1.807, 2.05) is 0 Å². The molecule has 5 saturated carbocycles. The van der Waals surface area contributed by atoms with Gasteiger partial charge >= 0.3 is 0 Å². The number of ketones is 1. The summed E-state index contributed by atoms with van der Waals surface area (Å²) in [6.07, 6.45) is 17.7. The maximum Gasteiger partial charge on any atom is 0.177 e. The zero-order valence-corrected chi connectivity index (χ0v) is 17.9. The van der Waals surface area contributed by atoms with Crippen LogP contribution in [-0.2, 0) is 14.3 Å². The number of hydrogen-bond donors (Lipinski definition) is 0. The first-order valence-corrected chi connectivity index (χ1v) is 12.2. The van der Waals surface area contributed by atoms with Crippen molar-refractivity contribution in [2.24, 2.45) is 46.3 Å². The van der Waals surface area contributed by atoms with Crippen LogP contribution >= 0.6 is 0 Å². The Hall–Kier alpha value is -0.930. The van der Waals surface area contributed by atoms with Gasteiger partial charge in [0.15, 0.2) is 12.1 Å². The Bertz CT molecular complexity index is 837. The minimum Gasteiger partial charge on any atom is -0.352 e. The van der Waals surface area contributed by atoms with Crippen LogP contribution in [0.5, 0.6) is 0 Å². The highest BCUT2D eigenvalue weighted by Gasteiger charge is 2.78. The van der Waals surface area contributed by atoms with Crippen molar-refractivity contribution in [3.05, 3.63) is 23.8 Å². The highest BCUT2D eigenvalue weighted by Crippen LogP contribution is 2.80. The molecule has 0 aromatic rings. The zero-order valence-electron chi connectivity index (χ0n) is 17.9. The van der Waals surface area contributed by atoms with Crippen LogP contribution in [0.2, 0.25) is 0 Å². The zero-order chi connectivity index (χ0) is 19.6. The van der Waals surface area contributed by atoms with Gasteiger partial charge in [-0.3, -0.25) is 4.79 Å². The normalized spacial score (nSPS) is 55.3. The number of carbonyl (C=O) groups excluding carboxylic acids is 1. The topological polar surface area (TPSA) is 35.5 Å². The van der Waals surface area contributed by atoms with E-state index in [-0.39, 0.29) is 11.9 Å². The third-order valence-corrected chi connectivity index (χ3v) is 10.9. The van der Waals surface area contributed by atoms with Gasteiger partial charge in [-0.05, 0) is 104 Å². The highest BCUT2D eigenvalue weighted by atomic mass is 16.7. The lowest BCUT2D eigenvalue weighted by molar-refractivity contribution is -0.211. The second-order valence-corrected chi connectivity index (χ2v) is 11.5. The third-order valence-electron chi connectivity index (χ3n) is 10.9. The SMILES string of the molecule is CC[C@]12CCC3C(CC4(CC4)C4=CC(=O)CC[C@@H]43)C1[C@@H]1C[C@@H]1[C@@]21C=CC(OC)O1. The maximum absolute atomic E-state index is 12.2. The third kappa shape index (κ3) is 1.96. The van der Waals surface area contributed by atoms with Crippen molar-refractivity contribution < 1.29 is 14.3 Å². The summed E-state index contributed by atoms with van der Waals surface area (Å²) in [5.74, 6) is 5.13. The van der Waals surface area contributed by atoms with Crippen LogP contribution in [0.1, 0.15) is 64.7 Å². The van der Waals surface area contributed by atoms with E-state index in [0.717, 1.165) is 36.5 Å². The lowest BCUT2D eigenvalue weighted by atomic mass is 9.46. The maximum atomic E-state index is 12.2. The van der Waals surface area contributed by atoms with Crippen molar-refractivity contribution in [3.8, 4) is 0 Å². The average Bonchev–Trinajstić information content (AvgIpc) is 3.64. The standard InChI is InChI=1S/C26H34O3/c1-3-25-8-6-16-17-5-4-15(27)12-20(17)24(10-11-24)14-19(16)23(25)18-13-21(18)26(25)9-7-22(28-2)29-26/h7,9,12,16-19,21-23H,3-6,8,10-11,13-14H2,1-2H3/t16?,17-,18-,19?,21+,22?,23?,25+,26+/m1/s1. The Morgan fingerprint density at radius 3 is 2.76 bits per heavy atom. The predicted octanol–water partition coefficient (Wildman–Crippen LogP) is 5.06. The summed E-state index contributed by atoms with van der Waals surface area (Å²) in [6, 6.07) is 0. The molecule has 1 aliphatic heterocycles. The number of rotatable bonds is 2. The van der Waals surface area contributed by atoms with Crippen molar-refractivity contribution in [1.82, 2.24) is 0 Å². The van der Waals surface area contributed by atoms with Crippen LogP contribution < -0.4 is 0 Å². The number of allylic oxidation sites excluding steroid dienone is 1. The number of methoxy groups -OCH3 is 1. The van der Waals surface area contributed by atoms with Crippen LogP contribution in [0.3, 0.4) is 0 Å². The first-order chi connectivity index (χ1) is 14.1. The molecule has 0 radical (unpaired) electrons. The molecule has 156 valence electrons. The first-order valence-electron chi connectivity index (χ1n) is 12.2. The van der Waals surface area contributed by atoms with Gasteiger partial charge < -0.3 is 9.47 Å². The lowest BCUT2D eigenvalue weighted by Gasteiger charge is -2.59. The number of hydrogen-bond acceptors (Lipinski definition) is 3. The molecule has 7 rings (SSSR count). The molecular weight excluding hydrogens is 360 g/mol. The van der Waals surface area contributed by atoms with E-state index in [1.54, 1.807) is 12.7 Å². The highest BCUT2D eigenvalue weighted by molar-refractivity contribution is 5.91. The summed E-state index contributed by atoms with van der Waals surface area (Å²) in [4.78, 5) is 12.2. The summed E-state index contributed by atoms with van der Waals surface area (Å²) in [5, 5.41) is 0. The average molecular weight is 395 g/mol. The molecule has 7 aliphatic rings. The molecule has 0 amide bonds. The summed E-state index contributed by atoms with van der Waals surface area (Å²) in [7, 11) is 1.77. The Kier molecular flexibility index (Phi) is 3.33. The van der Waals surface area contributed by atoms with E-state index < -0.39 is 0 Å². The molecule has 9 atom stereocenters. The fourth-order valence-corrected chi connectivity index (χ4v) is 9.73. The lowest BCUT2D eigenvalue weighted by Crippen LogP contribution is -2.57. The Morgan fingerprint density at radius 2 is 2.03 bits per heavy atom. The molecule has 0 aromatic heterocycles. The van der Waals surface area contributed by atoms with Gasteiger partial charge in [0, 0.05) is 18.9 Å². The first kappa shape index (κ1) is 17.7. The second-order valence-electron chi connectivity index (χ2n) is 11.5. The van der Waals surface area contributed by atoms with Crippen LogP contribution in [0.4, 0.5) is 0 Å². The van der Waals surface area contributed by atoms with Crippen LogP contribution in [-0.4, -0.2) is 24.8 Å². The second kappa shape index (κ2) is 5.46. The number of carbonyl (C=O) groups is 1. The van der Waals surface area contributed by atoms with E-state index in [0.29, 0.717) is 28.4 Å². The van der Waals surface area contributed by atoms with Gasteiger partial charge in [0.05, 0.1) is 5.60 Å². The van der Waals surface area contributed by atoms with Gasteiger partial charge in [-0.25, -0.2) is 0 Å². The Balaban J connectivity index is 1.31. The van der Waals surface area contributed by atoms with Crippen molar-refractivity contribution in [1.29, 1.82) is 0 Å². The van der Waals surface area contributed by atoms with Gasteiger partial charge in [0.1, 0.15) is 0 Å². The molecule has 6 aliphatic carbocycles. The summed E-state index contributed by atoms with van der Waals surface area (Å²) >= 11 is 0.